The van der Waals surface area contributed by atoms with Crippen LogP contribution in [0.25, 0.3) is 0 Å². The average Bonchev–Trinajstić information content (AvgIpc) is 2.94. The SMILES string of the molecule is CN(C)C(=O)C(CCN1CCC(O)(c2ccccc2OCCO)CC1)(c1ccccc1)c1ccccc1. The van der Waals surface area contributed by atoms with Crippen LogP contribution < -0.4 is 4.74 Å². The Morgan fingerprint density at radius 3 is 2.00 bits per heavy atom. The van der Waals surface area contributed by atoms with Crippen LogP contribution in [-0.4, -0.2) is 72.9 Å². The van der Waals surface area contributed by atoms with Crippen LogP contribution in [0.5, 0.6) is 5.75 Å². The van der Waals surface area contributed by atoms with E-state index in [2.05, 4.69) is 4.90 Å². The summed E-state index contributed by atoms with van der Waals surface area (Å²) >= 11 is 0. The molecule has 1 aliphatic rings. The maximum atomic E-state index is 13.9. The van der Waals surface area contributed by atoms with Gasteiger partial charge < -0.3 is 24.7 Å². The van der Waals surface area contributed by atoms with E-state index < -0.39 is 11.0 Å². The molecule has 1 fully saturated rings. The predicted octanol–water partition coefficient (Wildman–Crippen LogP) is 3.81. The van der Waals surface area contributed by atoms with Crippen LogP contribution in [0.3, 0.4) is 0 Å². The Balaban J connectivity index is 1.56. The molecule has 196 valence electrons. The number of aliphatic hydroxyl groups is 2. The summed E-state index contributed by atoms with van der Waals surface area (Å²) in [5.74, 6) is 0.685. The summed E-state index contributed by atoms with van der Waals surface area (Å²) < 4.78 is 5.70. The van der Waals surface area contributed by atoms with Crippen LogP contribution >= 0.6 is 0 Å². The van der Waals surface area contributed by atoms with Crippen LogP contribution in [0.15, 0.2) is 84.9 Å². The van der Waals surface area contributed by atoms with Gasteiger partial charge in [0, 0.05) is 32.7 Å². The van der Waals surface area contributed by atoms with Crippen molar-refractivity contribution in [3.05, 3.63) is 102 Å². The van der Waals surface area contributed by atoms with E-state index >= 15 is 0 Å². The highest BCUT2D eigenvalue weighted by Gasteiger charge is 2.44. The highest BCUT2D eigenvalue weighted by atomic mass is 16.5. The van der Waals surface area contributed by atoms with Crippen LogP contribution in [0.2, 0.25) is 0 Å². The first-order valence-electron chi connectivity index (χ1n) is 13.0. The van der Waals surface area contributed by atoms with Gasteiger partial charge in [-0.15, -0.1) is 0 Å². The van der Waals surface area contributed by atoms with Gasteiger partial charge in [-0.1, -0.05) is 78.9 Å². The molecule has 3 aromatic rings. The molecule has 0 atom stereocenters. The number of para-hydroxylation sites is 1. The van der Waals surface area contributed by atoms with Crippen molar-refractivity contribution in [3.8, 4) is 5.75 Å². The van der Waals surface area contributed by atoms with Gasteiger partial charge >= 0.3 is 0 Å². The molecule has 0 unspecified atom stereocenters. The van der Waals surface area contributed by atoms with Crippen molar-refractivity contribution in [2.24, 2.45) is 0 Å². The lowest BCUT2D eigenvalue weighted by Crippen LogP contribution is -2.49. The molecule has 37 heavy (non-hydrogen) atoms. The van der Waals surface area contributed by atoms with Crippen LogP contribution in [0.1, 0.15) is 36.0 Å². The van der Waals surface area contributed by atoms with E-state index in [-0.39, 0.29) is 19.1 Å². The van der Waals surface area contributed by atoms with Crippen molar-refractivity contribution in [2.45, 2.75) is 30.3 Å². The lowest BCUT2D eigenvalue weighted by Gasteiger charge is -2.41. The Kier molecular flexibility index (Phi) is 8.64. The van der Waals surface area contributed by atoms with Gasteiger partial charge in [0.05, 0.1) is 12.2 Å². The quantitative estimate of drug-likeness (QED) is 0.441. The van der Waals surface area contributed by atoms with Gasteiger partial charge in [0.2, 0.25) is 5.91 Å². The van der Waals surface area contributed by atoms with Gasteiger partial charge in [-0.25, -0.2) is 0 Å². The third-order valence-corrected chi connectivity index (χ3v) is 7.53. The number of likely N-dealkylation sites (N-methyl/N-ethyl adjacent to an activating group) is 1. The van der Waals surface area contributed by atoms with E-state index in [1.165, 1.54) is 0 Å². The number of amides is 1. The minimum Gasteiger partial charge on any atom is -0.491 e. The molecule has 6 heteroatoms. The third kappa shape index (κ3) is 5.72. The van der Waals surface area contributed by atoms with E-state index in [0.717, 1.165) is 23.2 Å². The molecule has 0 aliphatic carbocycles. The average molecular weight is 503 g/mol. The largest absolute Gasteiger partial charge is 0.491 e. The minimum atomic E-state index is -0.988. The predicted molar refractivity (Wildman–Crippen MR) is 146 cm³/mol. The molecule has 4 rings (SSSR count). The summed E-state index contributed by atoms with van der Waals surface area (Å²) in [6.45, 7) is 2.26. The Morgan fingerprint density at radius 2 is 1.46 bits per heavy atom. The van der Waals surface area contributed by atoms with Gasteiger partial charge in [0.25, 0.3) is 0 Å². The molecule has 0 bridgehead atoms. The number of carbonyl (C=O) groups excluding carboxylic acids is 1. The first-order chi connectivity index (χ1) is 17.9. The molecule has 3 aromatic carbocycles. The smallest absolute Gasteiger partial charge is 0.237 e. The highest BCUT2D eigenvalue weighted by molar-refractivity contribution is 5.91. The topological polar surface area (TPSA) is 73.2 Å². The van der Waals surface area contributed by atoms with Crippen molar-refractivity contribution in [3.63, 3.8) is 0 Å². The zero-order valence-electron chi connectivity index (χ0n) is 21.8. The molecule has 0 spiro atoms. The number of carbonyl (C=O) groups is 1. The van der Waals surface area contributed by atoms with E-state index in [1.54, 1.807) is 4.90 Å². The number of likely N-dealkylation sites (tertiary alicyclic amines) is 1. The normalized spacial score (nSPS) is 15.8. The van der Waals surface area contributed by atoms with Crippen molar-refractivity contribution in [1.29, 1.82) is 0 Å². The van der Waals surface area contributed by atoms with Crippen LogP contribution in [-0.2, 0) is 15.8 Å². The molecule has 0 aromatic heterocycles. The second-order valence-corrected chi connectivity index (χ2v) is 10.0. The molecular formula is C31H38N2O4. The van der Waals surface area contributed by atoms with Crippen molar-refractivity contribution in [2.75, 3.05) is 46.9 Å². The maximum Gasteiger partial charge on any atom is 0.237 e. The maximum absolute atomic E-state index is 13.9. The standard InChI is InChI=1S/C31H38N2O4/c1-32(2)29(35)31(25-11-5-3-6-12-25,26-13-7-4-8-14-26)19-22-33-20-17-30(36,18-21-33)27-15-9-10-16-28(27)37-24-23-34/h3-16,34,36H,17-24H2,1-2H3. The second-order valence-electron chi connectivity index (χ2n) is 10.0. The molecule has 1 saturated heterocycles. The molecular weight excluding hydrogens is 464 g/mol. The summed E-state index contributed by atoms with van der Waals surface area (Å²) in [6, 6.07) is 27.7. The Labute approximate surface area is 220 Å². The number of hydrogen-bond donors (Lipinski definition) is 2. The fourth-order valence-corrected chi connectivity index (χ4v) is 5.51. The molecule has 0 saturated carbocycles. The Morgan fingerprint density at radius 1 is 0.919 bits per heavy atom. The van der Waals surface area contributed by atoms with E-state index in [1.807, 2.05) is 99.0 Å². The Bertz CT molecular complexity index is 1100. The highest BCUT2D eigenvalue weighted by Crippen LogP contribution is 2.40. The van der Waals surface area contributed by atoms with Crippen molar-refractivity contribution in [1.82, 2.24) is 9.80 Å². The monoisotopic (exact) mass is 502 g/mol. The van der Waals surface area contributed by atoms with Crippen LogP contribution in [0.4, 0.5) is 0 Å². The number of piperidine rings is 1. The third-order valence-electron chi connectivity index (χ3n) is 7.53. The van der Waals surface area contributed by atoms with Gasteiger partial charge in [-0.05, 0) is 43.0 Å². The molecule has 1 aliphatic heterocycles. The first-order valence-corrected chi connectivity index (χ1v) is 13.0. The number of aliphatic hydroxyl groups excluding tert-OH is 1. The van der Waals surface area contributed by atoms with Crippen LogP contribution in [0, 0.1) is 0 Å². The number of rotatable bonds is 10. The van der Waals surface area contributed by atoms with E-state index in [9.17, 15) is 9.90 Å². The number of benzene rings is 3. The number of nitrogens with zero attached hydrogens (tertiary/aromatic N) is 2. The summed E-state index contributed by atoms with van der Waals surface area (Å²) in [7, 11) is 3.64. The zero-order chi connectivity index (χ0) is 26.3. The molecule has 1 heterocycles. The van der Waals surface area contributed by atoms with Gasteiger partial charge in [-0.2, -0.15) is 0 Å². The fraction of sp³-hybridized carbons (Fsp3) is 0.387. The second kappa shape index (κ2) is 11.9. The summed E-state index contributed by atoms with van der Waals surface area (Å²) in [4.78, 5) is 17.9. The summed E-state index contributed by atoms with van der Waals surface area (Å²) in [5.41, 5.74) is 0.961. The minimum absolute atomic E-state index is 0.0633. The number of hydrogen-bond acceptors (Lipinski definition) is 5. The lowest BCUT2D eigenvalue weighted by molar-refractivity contribution is -0.133. The van der Waals surface area contributed by atoms with Crippen molar-refractivity contribution >= 4 is 5.91 Å². The molecule has 2 N–H and O–H groups in total. The Hall–Kier alpha value is -3.19. The van der Waals surface area contributed by atoms with Gasteiger partial charge in [0.15, 0.2) is 0 Å². The van der Waals surface area contributed by atoms with Gasteiger partial charge in [-0.3, -0.25) is 4.79 Å². The summed E-state index contributed by atoms with van der Waals surface area (Å²) in [5, 5.41) is 20.7. The summed E-state index contributed by atoms with van der Waals surface area (Å²) in [6.07, 6.45) is 1.77. The lowest BCUT2D eigenvalue weighted by atomic mass is 9.70. The first kappa shape index (κ1) is 26.9. The number of ether oxygens (including phenoxy) is 1. The van der Waals surface area contributed by atoms with E-state index in [4.69, 9.17) is 9.84 Å². The van der Waals surface area contributed by atoms with Crippen molar-refractivity contribution < 1.29 is 19.7 Å². The molecule has 0 radical (unpaired) electrons. The fourth-order valence-electron chi connectivity index (χ4n) is 5.51. The molecule has 6 nitrogen and oxygen atoms in total. The van der Waals surface area contributed by atoms with Gasteiger partial charge in [0.1, 0.15) is 17.8 Å². The molecule has 1 amide bonds. The van der Waals surface area contributed by atoms with E-state index in [0.29, 0.717) is 38.1 Å². The zero-order valence-corrected chi connectivity index (χ0v) is 21.8.